The Hall–Kier alpha value is -1.54. The summed E-state index contributed by atoms with van der Waals surface area (Å²) in [6.45, 7) is 9.11. The Labute approximate surface area is 125 Å². The second-order valence-corrected chi connectivity index (χ2v) is 6.36. The van der Waals surface area contributed by atoms with Crippen molar-refractivity contribution in [2.75, 3.05) is 0 Å². The second kappa shape index (κ2) is 5.84. The van der Waals surface area contributed by atoms with E-state index in [-0.39, 0.29) is 5.41 Å². The molecule has 0 atom stereocenters. The van der Waals surface area contributed by atoms with Gasteiger partial charge in [0.15, 0.2) is 0 Å². The topological polar surface area (TPSA) is 22.1 Å². The van der Waals surface area contributed by atoms with Crippen LogP contribution in [0.15, 0.2) is 36.4 Å². The quantitative estimate of drug-likeness (QED) is 0.748. The summed E-state index contributed by atoms with van der Waals surface area (Å²) in [5, 5.41) is 0.492. The smallest absolute Gasteiger partial charge is 0.130 e. The van der Waals surface area contributed by atoms with Crippen LogP contribution in [0.5, 0.6) is 5.75 Å². The number of hydrogen-bond acceptors (Lipinski definition) is 2. The molecule has 106 valence electrons. The Kier molecular flexibility index (Phi) is 4.34. The Morgan fingerprint density at radius 3 is 2.50 bits per heavy atom. The van der Waals surface area contributed by atoms with E-state index in [1.165, 1.54) is 5.56 Å². The molecule has 2 rings (SSSR count). The molecule has 0 aliphatic rings. The van der Waals surface area contributed by atoms with E-state index in [1.54, 1.807) is 6.07 Å². The number of benzene rings is 1. The van der Waals surface area contributed by atoms with Crippen molar-refractivity contribution in [3.63, 3.8) is 0 Å². The van der Waals surface area contributed by atoms with E-state index >= 15 is 0 Å². The van der Waals surface area contributed by atoms with Crippen molar-refractivity contribution in [1.29, 1.82) is 0 Å². The Bertz CT molecular complexity index is 602. The van der Waals surface area contributed by atoms with E-state index < -0.39 is 0 Å². The van der Waals surface area contributed by atoms with Gasteiger partial charge < -0.3 is 4.74 Å². The molecule has 0 aliphatic heterocycles. The number of pyridine rings is 1. The zero-order valence-corrected chi connectivity index (χ0v) is 13.2. The minimum Gasteiger partial charge on any atom is -0.487 e. The third kappa shape index (κ3) is 3.73. The van der Waals surface area contributed by atoms with E-state index in [9.17, 15) is 0 Å². The molecule has 0 unspecified atom stereocenters. The highest BCUT2D eigenvalue weighted by Gasteiger charge is 2.14. The Morgan fingerprint density at radius 2 is 1.90 bits per heavy atom. The zero-order valence-electron chi connectivity index (χ0n) is 12.4. The molecule has 0 saturated carbocycles. The van der Waals surface area contributed by atoms with Crippen molar-refractivity contribution in [3.8, 4) is 5.75 Å². The van der Waals surface area contributed by atoms with Gasteiger partial charge in [0.2, 0.25) is 0 Å². The predicted octanol–water partition coefficient (Wildman–Crippen LogP) is 4.92. The zero-order chi connectivity index (χ0) is 14.8. The molecule has 1 aromatic carbocycles. The van der Waals surface area contributed by atoms with Crippen LogP contribution in [0.4, 0.5) is 0 Å². The van der Waals surface area contributed by atoms with Crippen LogP contribution in [0, 0.1) is 6.92 Å². The van der Waals surface area contributed by atoms with Crippen LogP contribution in [-0.2, 0) is 12.0 Å². The molecule has 0 aliphatic carbocycles. The van der Waals surface area contributed by atoms with Gasteiger partial charge in [-0.2, -0.15) is 0 Å². The number of rotatable bonds is 3. The molecule has 0 saturated heterocycles. The van der Waals surface area contributed by atoms with Crippen molar-refractivity contribution in [2.24, 2.45) is 0 Å². The van der Waals surface area contributed by atoms with Crippen LogP contribution in [0.3, 0.4) is 0 Å². The van der Waals surface area contributed by atoms with Gasteiger partial charge in [0.05, 0.1) is 5.69 Å². The molecule has 0 amide bonds. The molecular weight excluding hydrogens is 270 g/mol. The Balaban J connectivity index is 2.11. The molecule has 20 heavy (non-hydrogen) atoms. The molecule has 3 heteroatoms. The Morgan fingerprint density at radius 1 is 1.15 bits per heavy atom. The van der Waals surface area contributed by atoms with Crippen LogP contribution in [-0.4, -0.2) is 4.98 Å². The standard InChI is InChI=1S/C17H20ClNO/c1-12-10-13(17(2,3)4)8-9-15(12)20-11-14-6-5-7-16(18)19-14/h5-10H,11H2,1-4H3. The van der Waals surface area contributed by atoms with Crippen molar-refractivity contribution in [1.82, 2.24) is 4.98 Å². The minimum absolute atomic E-state index is 0.151. The summed E-state index contributed by atoms with van der Waals surface area (Å²) in [6, 6.07) is 11.9. The van der Waals surface area contributed by atoms with Gasteiger partial charge in [0, 0.05) is 0 Å². The highest BCUT2D eigenvalue weighted by Crippen LogP contribution is 2.27. The lowest BCUT2D eigenvalue weighted by Gasteiger charge is -2.20. The fraction of sp³-hybridized carbons (Fsp3) is 0.353. The molecule has 2 aromatic rings. The van der Waals surface area contributed by atoms with Crippen LogP contribution in [0.25, 0.3) is 0 Å². The van der Waals surface area contributed by atoms with Gasteiger partial charge in [-0.05, 0) is 41.7 Å². The van der Waals surface area contributed by atoms with Crippen molar-refractivity contribution in [2.45, 2.75) is 39.7 Å². The van der Waals surface area contributed by atoms with Gasteiger partial charge in [-0.25, -0.2) is 4.98 Å². The summed E-state index contributed by atoms with van der Waals surface area (Å²) in [5.74, 6) is 0.889. The summed E-state index contributed by atoms with van der Waals surface area (Å²) in [7, 11) is 0. The third-order valence-corrected chi connectivity index (χ3v) is 3.40. The SMILES string of the molecule is Cc1cc(C(C)(C)C)ccc1OCc1cccc(Cl)n1. The molecule has 0 bridgehead atoms. The fourth-order valence-electron chi connectivity index (χ4n) is 1.96. The first kappa shape index (κ1) is 14.9. The maximum atomic E-state index is 5.86. The fourth-order valence-corrected chi connectivity index (χ4v) is 2.14. The summed E-state index contributed by atoms with van der Waals surface area (Å²) in [4.78, 5) is 4.22. The summed E-state index contributed by atoms with van der Waals surface area (Å²) in [5.41, 5.74) is 3.43. The van der Waals surface area contributed by atoms with Gasteiger partial charge in [-0.3, -0.25) is 0 Å². The molecular formula is C17H20ClNO. The lowest BCUT2D eigenvalue weighted by molar-refractivity contribution is 0.299. The highest BCUT2D eigenvalue weighted by atomic mass is 35.5. The average molecular weight is 290 g/mol. The van der Waals surface area contributed by atoms with E-state index in [0.29, 0.717) is 11.8 Å². The maximum absolute atomic E-state index is 5.86. The molecule has 0 fully saturated rings. The lowest BCUT2D eigenvalue weighted by atomic mass is 9.86. The van der Waals surface area contributed by atoms with Gasteiger partial charge in [0.1, 0.15) is 17.5 Å². The van der Waals surface area contributed by atoms with Gasteiger partial charge >= 0.3 is 0 Å². The minimum atomic E-state index is 0.151. The first-order valence-corrected chi connectivity index (χ1v) is 7.09. The number of halogens is 1. The second-order valence-electron chi connectivity index (χ2n) is 5.97. The molecule has 0 spiro atoms. The van der Waals surface area contributed by atoms with Gasteiger partial charge in [-0.1, -0.05) is 50.6 Å². The molecule has 1 heterocycles. The monoisotopic (exact) mass is 289 g/mol. The predicted molar refractivity (Wildman–Crippen MR) is 83.5 cm³/mol. The first-order chi connectivity index (χ1) is 9.36. The first-order valence-electron chi connectivity index (χ1n) is 6.71. The molecule has 0 radical (unpaired) electrons. The normalized spacial score (nSPS) is 11.4. The van der Waals surface area contributed by atoms with Crippen LogP contribution >= 0.6 is 11.6 Å². The van der Waals surface area contributed by atoms with Crippen molar-refractivity contribution >= 4 is 11.6 Å². The van der Waals surface area contributed by atoms with Crippen LogP contribution < -0.4 is 4.74 Å². The number of ether oxygens (including phenoxy) is 1. The van der Waals surface area contributed by atoms with Crippen molar-refractivity contribution < 1.29 is 4.74 Å². The number of nitrogens with zero attached hydrogens (tertiary/aromatic N) is 1. The summed E-state index contributed by atoms with van der Waals surface area (Å²) in [6.07, 6.45) is 0. The molecule has 0 N–H and O–H groups in total. The molecule has 2 nitrogen and oxygen atoms in total. The number of hydrogen-bond donors (Lipinski definition) is 0. The average Bonchev–Trinajstić information content (AvgIpc) is 2.36. The van der Waals surface area contributed by atoms with Gasteiger partial charge in [0.25, 0.3) is 0 Å². The summed E-state index contributed by atoms with van der Waals surface area (Å²) >= 11 is 5.86. The number of aromatic nitrogens is 1. The maximum Gasteiger partial charge on any atom is 0.130 e. The van der Waals surface area contributed by atoms with E-state index in [2.05, 4.69) is 44.8 Å². The van der Waals surface area contributed by atoms with E-state index in [1.807, 2.05) is 18.2 Å². The van der Waals surface area contributed by atoms with Gasteiger partial charge in [-0.15, -0.1) is 0 Å². The highest BCUT2D eigenvalue weighted by molar-refractivity contribution is 6.29. The lowest BCUT2D eigenvalue weighted by Crippen LogP contribution is -2.11. The third-order valence-electron chi connectivity index (χ3n) is 3.19. The largest absolute Gasteiger partial charge is 0.487 e. The van der Waals surface area contributed by atoms with E-state index in [0.717, 1.165) is 17.0 Å². The van der Waals surface area contributed by atoms with Crippen LogP contribution in [0.2, 0.25) is 5.15 Å². The van der Waals surface area contributed by atoms with Crippen LogP contribution in [0.1, 0.15) is 37.6 Å². The molecule has 1 aromatic heterocycles. The van der Waals surface area contributed by atoms with E-state index in [4.69, 9.17) is 16.3 Å². The number of aryl methyl sites for hydroxylation is 1. The summed E-state index contributed by atoms with van der Waals surface area (Å²) < 4.78 is 5.82. The van der Waals surface area contributed by atoms with Crippen molar-refractivity contribution in [3.05, 3.63) is 58.4 Å².